The summed E-state index contributed by atoms with van der Waals surface area (Å²) in [5, 5.41) is 0. The Morgan fingerprint density at radius 2 is 2.41 bits per heavy atom. The molecule has 0 aliphatic carbocycles. The van der Waals surface area contributed by atoms with Gasteiger partial charge in [0.2, 0.25) is 5.91 Å². The van der Waals surface area contributed by atoms with Crippen LogP contribution in [0, 0.1) is 6.92 Å². The Morgan fingerprint density at radius 3 is 3.06 bits per heavy atom. The predicted octanol–water partition coefficient (Wildman–Crippen LogP) is -0.337. The zero-order chi connectivity index (χ0) is 12.4. The van der Waals surface area contributed by atoms with Crippen LogP contribution in [0.1, 0.15) is 5.56 Å². The monoisotopic (exact) mass is 236 g/mol. The maximum atomic E-state index is 11.3. The highest BCUT2D eigenvalue weighted by molar-refractivity contribution is 5.85. The summed E-state index contributed by atoms with van der Waals surface area (Å²) < 4.78 is 5.25. The van der Waals surface area contributed by atoms with Gasteiger partial charge in [-0.15, -0.1) is 0 Å². The van der Waals surface area contributed by atoms with Crippen LogP contribution in [0.15, 0.2) is 12.3 Å². The minimum atomic E-state index is -0.499. The number of carbonyl (C=O) groups excluding carboxylic acids is 1. The first-order valence-electron chi connectivity index (χ1n) is 5.45. The molecule has 6 heteroatoms. The van der Waals surface area contributed by atoms with Crippen molar-refractivity contribution in [2.75, 3.05) is 30.4 Å². The number of pyridine rings is 1. The molecule has 2 heterocycles. The van der Waals surface area contributed by atoms with Gasteiger partial charge in [-0.3, -0.25) is 4.79 Å². The molecule has 92 valence electrons. The molecule has 0 radical (unpaired) electrons. The second-order valence-electron chi connectivity index (χ2n) is 4.11. The summed E-state index contributed by atoms with van der Waals surface area (Å²) in [5.41, 5.74) is 12.8. The number of nitrogen functional groups attached to an aromatic ring is 1. The lowest BCUT2D eigenvalue weighted by Gasteiger charge is -2.35. The van der Waals surface area contributed by atoms with Crippen LogP contribution in [0.5, 0.6) is 0 Å². The molecule has 1 aliphatic rings. The van der Waals surface area contributed by atoms with Crippen LogP contribution in [0.4, 0.5) is 11.5 Å². The van der Waals surface area contributed by atoms with Crippen LogP contribution >= 0.6 is 0 Å². The van der Waals surface area contributed by atoms with Crippen molar-refractivity contribution in [1.29, 1.82) is 0 Å². The molecule has 1 aliphatic heterocycles. The van der Waals surface area contributed by atoms with Gasteiger partial charge in [0, 0.05) is 12.7 Å². The van der Waals surface area contributed by atoms with Gasteiger partial charge >= 0.3 is 0 Å². The van der Waals surface area contributed by atoms with E-state index in [0.717, 1.165) is 5.56 Å². The number of anilines is 2. The topological polar surface area (TPSA) is 94.5 Å². The van der Waals surface area contributed by atoms with Gasteiger partial charge in [-0.25, -0.2) is 4.98 Å². The standard InChI is InChI=1S/C11H16N4O2/c1-7-4-8(12)11(14-5-7)15-2-3-17-6-9(15)10(13)16/h4-5,9H,2-3,6,12H2,1H3,(H2,13,16). The van der Waals surface area contributed by atoms with Gasteiger partial charge in [-0.2, -0.15) is 0 Å². The molecule has 1 unspecified atom stereocenters. The Bertz CT molecular complexity index is 435. The van der Waals surface area contributed by atoms with Crippen molar-refractivity contribution >= 4 is 17.4 Å². The smallest absolute Gasteiger partial charge is 0.242 e. The van der Waals surface area contributed by atoms with E-state index >= 15 is 0 Å². The fraction of sp³-hybridized carbons (Fsp3) is 0.455. The number of hydrogen-bond donors (Lipinski definition) is 2. The van der Waals surface area contributed by atoms with E-state index in [9.17, 15) is 4.79 Å². The molecule has 1 fully saturated rings. The summed E-state index contributed by atoms with van der Waals surface area (Å²) in [6.45, 7) is 3.30. The SMILES string of the molecule is Cc1cnc(N2CCOCC2C(N)=O)c(N)c1. The summed E-state index contributed by atoms with van der Waals surface area (Å²) in [6.07, 6.45) is 1.72. The van der Waals surface area contributed by atoms with Crippen LogP contribution < -0.4 is 16.4 Å². The van der Waals surface area contributed by atoms with Gasteiger partial charge in [0.05, 0.1) is 18.9 Å². The number of ether oxygens (including phenoxy) is 1. The Morgan fingerprint density at radius 1 is 1.65 bits per heavy atom. The molecule has 0 bridgehead atoms. The van der Waals surface area contributed by atoms with E-state index in [1.807, 2.05) is 13.0 Å². The number of hydrogen-bond acceptors (Lipinski definition) is 5. The molecule has 17 heavy (non-hydrogen) atoms. The minimum Gasteiger partial charge on any atom is -0.396 e. The van der Waals surface area contributed by atoms with Crippen molar-refractivity contribution in [2.24, 2.45) is 5.73 Å². The van der Waals surface area contributed by atoms with Crippen LogP contribution in [0.2, 0.25) is 0 Å². The normalized spacial score (nSPS) is 20.3. The zero-order valence-electron chi connectivity index (χ0n) is 9.72. The number of carbonyl (C=O) groups is 1. The highest BCUT2D eigenvalue weighted by Gasteiger charge is 2.29. The average molecular weight is 236 g/mol. The number of aromatic nitrogens is 1. The third kappa shape index (κ3) is 2.31. The molecule has 1 aromatic rings. The number of nitrogens with two attached hydrogens (primary N) is 2. The lowest BCUT2D eigenvalue weighted by Crippen LogP contribution is -2.53. The van der Waals surface area contributed by atoms with Gasteiger partial charge < -0.3 is 21.1 Å². The molecule has 6 nitrogen and oxygen atoms in total. The largest absolute Gasteiger partial charge is 0.396 e. The van der Waals surface area contributed by atoms with Gasteiger partial charge in [0.15, 0.2) is 5.82 Å². The lowest BCUT2D eigenvalue weighted by molar-refractivity contribution is -0.121. The van der Waals surface area contributed by atoms with Crippen molar-refractivity contribution in [3.8, 4) is 0 Å². The number of rotatable bonds is 2. The molecule has 1 amide bonds. The molecule has 2 rings (SSSR count). The van der Waals surface area contributed by atoms with E-state index in [-0.39, 0.29) is 6.61 Å². The molecular formula is C11H16N4O2. The van der Waals surface area contributed by atoms with Crippen LogP contribution in [0.3, 0.4) is 0 Å². The quantitative estimate of drug-likeness (QED) is 0.732. The number of aryl methyl sites for hydroxylation is 1. The Kier molecular flexibility index (Phi) is 3.14. The maximum absolute atomic E-state index is 11.3. The second-order valence-corrected chi connectivity index (χ2v) is 4.11. The van der Waals surface area contributed by atoms with Crippen LogP contribution in [-0.4, -0.2) is 36.7 Å². The maximum Gasteiger partial charge on any atom is 0.242 e. The number of morpholine rings is 1. The van der Waals surface area contributed by atoms with Crippen molar-refractivity contribution in [3.05, 3.63) is 17.8 Å². The predicted molar refractivity (Wildman–Crippen MR) is 64.5 cm³/mol. The van der Waals surface area contributed by atoms with Gasteiger partial charge in [0.1, 0.15) is 6.04 Å². The highest BCUT2D eigenvalue weighted by Crippen LogP contribution is 2.24. The molecular weight excluding hydrogens is 220 g/mol. The Labute approximate surface area is 99.5 Å². The van der Waals surface area contributed by atoms with Crippen molar-refractivity contribution < 1.29 is 9.53 Å². The van der Waals surface area contributed by atoms with Crippen molar-refractivity contribution in [1.82, 2.24) is 4.98 Å². The highest BCUT2D eigenvalue weighted by atomic mass is 16.5. The van der Waals surface area contributed by atoms with E-state index in [1.54, 1.807) is 11.1 Å². The second kappa shape index (κ2) is 4.58. The van der Waals surface area contributed by atoms with E-state index in [4.69, 9.17) is 16.2 Å². The fourth-order valence-corrected chi connectivity index (χ4v) is 1.92. The van der Waals surface area contributed by atoms with E-state index in [1.165, 1.54) is 0 Å². The number of nitrogens with zero attached hydrogens (tertiary/aromatic N) is 2. The van der Waals surface area contributed by atoms with E-state index in [0.29, 0.717) is 24.7 Å². The van der Waals surface area contributed by atoms with Crippen LogP contribution in [-0.2, 0) is 9.53 Å². The fourth-order valence-electron chi connectivity index (χ4n) is 1.92. The lowest BCUT2D eigenvalue weighted by atomic mass is 10.2. The molecule has 0 saturated carbocycles. The van der Waals surface area contributed by atoms with Crippen LogP contribution in [0.25, 0.3) is 0 Å². The number of primary amides is 1. The summed E-state index contributed by atoms with van der Waals surface area (Å²) >= 11 is 0. The summed E-state index contributed by atoms with van der Waals surface area (Å²) in [6, 6.07) is 1.33. The van der Waals surface area contributed by atoms with Crippen molar-refractivity contribution in [2.45, 2.75) is 13.0 Å². The van der Waals surface area contributed by atoms with Gasteiger partial charge in [0.25, 0.3) is 0 Å². The molecule has 0 aromatic carbocycles. The third-order valence-electron chi connectivity index (χ3n) is 2.76. The molecule has 1 saturated heterocycles. The molecule has 1 aromatic heterocycles. The molecule has 0 spiro atoms. The van der Waals surface area contributed by atoms with Gasteiger partial charge in [-0.05, 0) is 18.6 Å². The first kappa shape index (κ1) is 11.7. The number of amides is 1. The Balaban J connectivity index is 2.32. The van der Waals surface area contributed by atoms with E-state index < -0.39 is 11.9 Å². The van der Waals surface area contributed by atoms with Crippen molar-refractivity contribution in [3.63, 3.8) is 0 Å². The average Bonchev–Trinajstić information content (AvgIpc) is 2.29. The first-order valence-corrected chi connectivity index (χ1v) is 5.45. The Hall–Kier alpha value is -1.82. The summed E-state index contributed by atoms with van der Waals surface area (Å²) in [7, 11) is 0. The zero-order valence-corrected chi connectivity index (χ0v) is 9.72. The minimum absolute atomic E-state index is 0.282. The first-order chi connectivity index (χ1) is 8.09. The third-order valence-corrected chi connectivity index (χ3v) is 2.76. The molecule has 4 N–H and O–H groups in total. The molecule has 1 atom stereocenters. The summed E-state index contributed by atoms with van der Waals surface area (Å²) in [5.74, 6) is 0.175. The van der Waals surface area contributed by atoms with Gasteiger partial charge in [-0.1, -0.05) is 0 Å². The summed E-state index contributed by atoms with van der Waals surface area (Å²) in [4.78, 5) is 17.4. The van der Waals surface area contributed by atoms with E-state index in [2.05, 4.69) is 4.98 Å².